The van der Waals surface area contributed by atoms with Crippen LogP contribution in [0.3, 0.4) is 0 Å². The van der Waals surface area contributed by atoms with Gasteiger partial charge in [-0.2, -0.15) is 0 Å². The van der Waals surface area contributed by atoms with E-state index in [1.807, 2.05) is 24.3 Å². The molecule has 1 aromatic rings. The number of hydrogen-bond donors (Lipinski definition) is 1. The van der Waals surface area contributed by atoms with Gasteiger partial charge in [0.1, 0.15) is 0 Å². The highest BCUT2D eigenvalue weighted by molar-refractivity contribution is 9.10. The molecule has 0 saturated carbocycles. The van der Waals surface area contributed by atoms with Crippen LogP contribution in [0.15, 0.2) is 28.7 Å². The highest BCUT2D eigenvalue weighted by Crippen LogP contribution is 2.24. The Kier molecular flexibility index (Phi) is 3.90. The van der Waals surface area contributed by atoms with E-state index < -0.39 is 9.84 Å². The predicted octanol–water partition coefficient (Wildman–Crippen LogP) is 2.29. The van der Waals surface area contributed by atoms with E-state index in [0.29, 0.717) is 5.75 Å². The lowest BCUT2D eigenvalue weighted by Crippen LogP contribution is -2.32. The quantitative estimate of drug-likeness (QED) is 0.930. The molecule has 3 nitrogen and oxygen atoms in total. The number of rotatable bonds is 3. The highest BCUT2D eigenvalue weighted by atomic mass is 79.9. The number of hydrogen-bond acceptors (Lipinski definition) is 3. The van der Waals surface area contributed by atoms with Crippen LogP contribution in [0.2, 0.25) is 0 Å². The first-order valence-corrected chi connectivity index (χ1v) is 8.30. The Morgan fingerprint density at radius 2 is 2.12 bits per heavy atom. The van der Waals surface area contributed by atoms with E-state index in [1.165, 1.54) is 0 Å². The van der Waals surface area contributed by atoms with Gasteiger partial charge in [0.25, 0.3) is 0 Å². The van der Waals surface area contributed by atoms with Crippen LogP contribution in [-0.2, 0) is 9.84 Å². The van der Waals surface area contributed by atoms with Crippen LogP contribution in [0.25, 0.3) is 0 Å². The van der Waals surface area contributed by atoms with Crippen LogP contribution in [0.4, 0.5) is 0 Å². The molecule has 1 saturated heterocycles. The van der Waals surface area contributed by atoms with Gasteiger partial charge in [0.2, 0.25) is 0 Å². The first-order valence-electron chi connectivity index (χ1n) is 5.69. The van der Waals surface area contributed by atoms with E-state index >= 15 is 0 Å². The lowest BCUT2D eigenvalue weighted by Gasteiger charge is -2.19. The molecule has 0 radical (unpaired) electrons. The molecule has 2 atom stereocenters. The van der Waals surface area contributed by atoms with Crippen LogP contribution in [0.5, 0.6) is 0 Å². The molecule has 0 spiro atoms. The molecule has 0 bridgehead atoms. The summed E-state index contributed by atoms with van der Waals surface area (Å²) in [5.41, 5.74) is 1.16. The summed E-state index contributed by atoms with van der Waals surface area (Å²) in [6.07, 6.45) is 0.719. The summed E-state index contributed by atoms with van der Waals surface area (Å²) in [5, 5.41) is 3.38. The molecule has 0 amide bonds. The smallest absolute Gasteiger partial charge is 0.151 e. The average molecular weight is 318 g/mol. The Morgan fingerprint density at radius 1 is 1.41 bits per heavy atom. The van der Waals surface area contributed by atoms with Crippen molar-refractivity contribution >= 4 is 25.8 Å². The second-order valence-corrected chi connectivity index (χ2v) is 7.59. The lowest BCUT2D eigenvalue weighted by atomic mass is 10.1. The van der Waals surface area contributed by atoms with Crippen LogP contribution in [0, 0.1) is 0 Å². The Morgan fingerprint density at radius 3 is 2.71 bits per heavy atom. The first kappa shape index (κ1) is 13.1. The number of sulfone groups is 1. The van der Waals surface area contributed by atoms with Crippen molar-refractivity contribution in [2.24, 2.45) is 0 Å². The monoisotopic (exact) mass is 317 g/mol. The van der Waals surface area contributed by atoms with Crippen LogP contribution >= 0.6 is 15.9 Å². The number of halogens is 1. The van der Waals surface area contributed by atoms with Crippen molar-refractivity contribution in [2.75, 3.05) is 11.5 Å². The molecule has 5 heteroatoms. The standard InChI is InChI=1S/C12H16BrNO2S/c1-9(11-4-2-3-5-12(11)13)14-10-6-7-17(15,16)8-10/h2-5,9-10,14H,6-8H2,1H3/t9-,10?/m1/s1. The summed E-state index contributed by atoms with van der Waals surface area (Å²) < 4.78 is 23.8. The van der Waals surface area contributed by atoms with Crippen molar-refractivity contribution in [2.45, 2.75) is 25.4 Å². The Bertz CT molecular complexity index is 501. The maximum atomic E-state index is 11.4. The fraction of sp³-hybridized carbons (Fsp3) is 0.500. The molecule has 1 N–H and O–H groups in total. The third kappa shape index (κ3) is 3.30. The summed E-state index contributed by atoms with van der Waals surface area (Å²) in [5.74, 6) is 0.579. The molecule has 1 aliphatic heterocycles. The van der Waals surface area contributed by atoms with Gasteiger partial charge in [0.15, 0.2) is 9.84 Å². The Labute approximate surface area is 111 Å². The third-order valence-corrected chi connectivity index (χ3v) is 5.58. The van der Waals surface area contributed by atoms with E-state index in [0.717, 1.165) is 16.5 Å². The largest absolute Gasteiger partial charge is 0.306 e. The van der Waals surface area contributed by atoms with Crippen molar-refractivity contribution in [3.63, 3.8) is 0 Å². The molecule has 1 fully saturated rings. The van der Waals surface area contributed by atoms with Gasteiger partial charge in [-0.1, -0.05) is 34.1 Å². The van der Waals surface area contributed by atoms with Gasteiger partial charge in [0.05, 0.1) is 11.5 Å². The molecule has 0 aliphatic carbocycles. The zero-order valence-corrected chi connectivity index (χ0v) is 12.1. The molecule has 1 heterocycles. The molecule has 1 aliphatic rings. The maximum absolute atomic E-state index is 11.4. The van der Waals surface area contributed by atoms with Gasteiger partial charge >= 0.3 is 0 Å². The molecular formula is C12H16BrNO2S. The van der Waals surface area contributed by atoms with Crippen LogP contribution in [0.1, 0.15) is 24.9 Å². The molecule has 94 valence electrons. The minimum absolute atomic E-state index is 0.0853. The summed E-state index contributed by atoms with van der Waals surface area (Å²) in [6.45, 7) is 2.06. The average Bonchev–Trinajstić information content (AvgIpc) is 2.58. The van der Waals surface area contributed by atoms with Crippen molar-refractivity contribution in [1.82, 2.24) is 5.32 Å². The minimum Gasteiger partial charge on any atom is -0.306 e. The molecule has 2 rings (SSSR count). The first-order chi connectivity index (χ1) is 7.98. The van der Waals surface area contributed by atoms with Gasteiger partial charge in [-0.25, -0.2) is 8.42 Å². The summed E-state index contributed by atoms with van der Waals surface area (Å²) >= 11 is 3.51. The van der Waals surface area contributed by atoms with Gasteiger partial charge in [-0.15, -0.1) is 0 Å². The van der Waals surface area contributed by atoms with E-state index in [4.69, 9.17) is 0 Å². The van der Waals surface area contributed by atoms with Gasteiger partial charge in [0, 0.05) is 16.6 Å². The number of nitrogens with one attached hydrogen (secondary N) is 1. The number of benzene rings is 1. The van der Waals surface area contributed by atoms with Crippen molar-refractivity contribution < 1.29 is 8.42 Å². The third-order valence-electron chi connectivity index (χ3n) is 3.09. The summed E-state index contributed by atoms with van der Waals surface area (Å²) in [4.78, 5) is 0. The predicted molar refractivity (Wildman–Crippen MR) is 72.8 cm³/mol. The highest BCUT2D eigenvalue weighted by Gasteiger charge is 2.28. The van der Waals surface area contributed by atoms with Crippen LogP contribution < -0.4 is 5.32 Å². The van der Waals surface area contributed by atoms with Crippen molar-refractivity contribution in [3.05, 3.63) is 34.3 Å². The van der Waals surface area contributed by atoms with Gasteiger partial charge in [-0.05, 0) is 25.0 Å². The molecule has 1 unspecified atom stereocenters. The second kappa shape index (κ2) is 5.08. The van der Waals surface area contributed by atoms with Gasteiger partial charge in [-0.3, -0.25) is 0 Å². The Hall–Kier alpha value is -0.390. The maximum Gasteiger partial charge on any atom is 0.151 e. The molecule has 0 aromatic heterocycles. The minimum atomic E-state index is -2.81. The molecular weight excluding hydrogens is 302 g/mol. The second-order valence-electron chi connectivity index (χ2n) is 4.51. The normalized spacial score (nSPS) is 24.7. The van der Waals surface area contributed by atoms with Crippen molar-refractivity contribution in [1.29, 1.82) is 0 Å². The SMILES string of the molecule is C[C@@H](NC1CCS(=O)(=O)C1)c1ccccc1Br. The Balaban J connectivity index is 2.03. The van der Waals surface area contributed by atoms with Crippen molar-refractivity contribution in [3.8, 4) is 0 Å². The zero-order valence-electron chi connectivity index (χ0n) is 9.69. The summed E-state index contributed by atoms with van der Waals surface area (Å²) in [7, 11) is -2.81. The fourth-order valence-corrected chi connectivity index (χ4v) is 4.51. The van der Waals surface area contributed by atoms with E-state index in [-0.39, 0.29) is 17.8 Å². The zero-order chi connectivity index (χ0) is 12.5. The molecule has 17 heavy (non-hydrogen) atoms. The molecule has 1 aromatic carbocycles. The van der Waals surface area contributed by atoms with Crippen LogP contribution in [-0.4, -0.2) is 26.0 Å². The van der Waals surface area contributed by atoms with E-state index in [1.54, 1.807) is 0 Å². The van der Waals surface area contributed by atoms with E-state index in [2.05, 4.69) is 28.2 Å². The van der Waals surface area contributed by atoms with Gasteiger partial charge < -0.3 is 5.32 Å². The lowest BCUT2D eigenvalue weighted by molar-refractivity contribution is 0.484. The van der Waals surface area contributed by atoms with E-state index in [9.17, 15) is 8.42 Å². The fourth-order valence-electron chi connectivity index (χ4n) is 2.20. The summed E-state index contributed by atoms with van der Waals surface area (Å²) in [6, 6.07) is 8.25. The topological polar surface area (TPSA) is 46.2 Å².